The van der Waals surface area contributed by atoms with Crippen molar-refractivity contribution in [3.8, 4) is 0 Å². The quantitative estimate of drug-likeness (QED) is 0.725. The molecule has 0 fully saturated rings. The topological polar surface area (TPSA) is 74.2 Å². The Balaban J connectivity index is 1.82. The number of aromatic nitrogens is 1. The molecule has 0 saturated heterocycles. The average molecular weight is 341 g/mol. The van der Waals surface area contributed by atoms with E-state index in [0.29, 0.717) is 19.5 Å². The molecule has 0 aliphatic rings. The summed E-state index contributed by atoms with van der Waals surface area (Å²) in [6.45, 7) is 7.10. The number of carbonyl (C=O) groups excluding carboxylic acids is 1. The highest BCUT2D eigenvalue weighted by Crippen LogP contribution is 2.16. The van der Waals surface area contributed by atoms with Gasteiger partial charge in [0.25, 0.3) is 0 Å². The maximum atomic E-state index is 12.1. The molecule has 0 aliphatic carbocycles. The van der Waals surface area contributed by atoms with Gasteiger partial charge >= 0.3 is 6.03 Å². The summed E-state index contributed by atoms with van der Waals surface area (Å²) in [4.78, 5) is 16.3. The molecule has 1 aromatic carbocycles. The summed E-state index contributed by atoms with van der Waals surface area (Å²) in [5, 5.41) is 15.2. The van der Waals surface area contributed by atoms with Gasteiger partial charge in [-0.3, -0.25) is 4.98 Å². The van der Waals surface area contributed by atoms with Crippen LogP contribution in [0.2, 0.25) is 0 Å². The number of hydrogen-bond donors (Lipinski definition) is 3. The van der Waals surface area contributed by atoms with Crippen LogP contribution in [0.15, 0.2) is 36.5 Å². The van der Waals surface area contributed by atoms with Crippen LogP contribution in [0.4, 0.5) is 4.79 Å². The summed E-state index contributed by atoms with van der Waals surface area (Å²) >= 11 is 0. The predicted molar refractivity (Wildman–Crippen MR) is 99.4 cm³/mol. The summed E-state index contributed by atoms with van der Waals surface area (Å²) in [6.07, 6.45) is 2.37. The Morgan fingerprint density at radius 2 is 1.88 bits per heavy atom. The maximum absolute atomic E-state index is 12.1. The second-order valence-corrected chi connectivity index (χ2v) is 6.51. The number of nitrogens with zero attached hydrogens (tertiary/aromatic N) is 1. The SMILES string of the molecule is Cc1cc(C)c(CNC(=O)NCC(CO)Cc2ccccn2)c(C)c1. The Hall–Kier alpha value is -2.40. The number of aliphatic hydroxyl groups excluding tert-OH is 1. The number of rotatable bonds is 7. The smallest absolute Gasteiger partial charge is 0.315 e. The second kappa shape index (κ2) is 9.18. The van der Waals surface area contributed by atoms with E-state index in [9.17, 15) is 9.90 Å². The predicted octanol–water partition coefficient (Wildman–Crippen LogP) is 2.66. The highest BCUT2D eigenvalue weighted by Gasteiger charge is 2.12. The zero-order valence-electron chi connectivity index (χ0n) is 15.2. The molecule has 2 aromatic rings. The Bertz CT molecular complexity index is 678. The Morgan fingerprint density at radius 1 is 1.16 bits per heavy atom. The Kier molecular flexibility index (Phi) is 6.95. The molecule has 0 radical (unpaired) electrons. The van der Waals surface area contributed by atoms with Gasteiger partial charge in [-0.2, -0.15) is 0 Å². The number of amides is 2. The third-order valence-electron chi connectivity index (χ3n) is 4.30. The van der Waals surface area contributed by atoms with Gasteiger partial charge in [0.15, 0.2) is 0 Å². The number of benzene rings is 1. The van der Waals surface area contributed by atoms with Crippen molar-refractivity contribution >= 4 is 6.03 Å². The first-order valence-electron chi connectivity index (χ1n) is 8.58. The van der Waals surface area contributed by atoms with E-state index >= 15 is 0 Å². The molecular formula is C20H27N3O2. The highest BCUT2D eigenvalue weighted by atomic mass is 16.3. The van der Waals surface area contributed by atoms with E-state index in [4.69, 9.17) is 0 Å². The van der Waals surface area contributed by atoms with Crippen LogP contribution < -0.4 is 10.6 Å². The van der Waals surface area contributed by atoms with Crippen molar-refractivity contribution in [2.24, 2.45) is 5.92 Å². The monoisotopic (exact) mass is 341 g/mol. The number of aliphatic hydroxyl groups is 1. The van der Waals surface area contributed by atoms with Gasteiger partial charge in [-0.1, -0.05) is 23.8 Å². The van der Waals surface area contributed by atoms with Gasteiger partial charge in [-0.05, 0) is 56.0 Å². The van der Waals surface area contributed by atoms with Crippen LogP contribution in [-0.2, 0) is 13.0 Å². The molecule has 1 heterocycles. The van der Waals surface area contributed by atoms with Crippen molar-refractivity contribution in [3.05, 3.63) is 64.5 Å². The normalized spacial score (nSPS) is 11.8. The lowest BCUT2D eigenvalue weighted by atomic mass is 10.00. The van der Waals surface area contributed by atoms with Crippen LogP contribution in [-0.4, -0.2) is 29.3 Å². The summed E-state index contributed by atoms with van der Waals surface area (Å²) in [6, 6.07) is 9.72. The standard InChI is InChI=1S/C20H27N3O2/c1-14-8-15(2)19(16(3)9-14)12-23-20(25)22-11-17(13-24)10-18-6-4-5-7-21-18/h4-9,17,24H,10-13H2,1-3H3,(H2,22,23,25). The van der Waals surface area contributed by atoms with Gasteiger partial charge in [0.2, 0.25) is 0 Å². The first-order valence-corrected chi connectivity index (χ1v) is 8.58. The zero-order valence-corrected chi connectivity index (χ0v) is 15.2. The first-order chi connectivity index (χ1) is 12.0. The molecule has 0 saturated carbocycles. The van der Waals surface area contributed by atoms with Gasteiger partial charge < -0.3 is 15.7 Å². The van der Waals surface area contributed by atoms with E-state index in [-0.39, 0.29) is 18.6 Å². The molecule has 1 aromatic heterocycles. The van der Waals surface area contributed by atoms with Crippen LogP contribution in [0.25, 0.3) is 0 Å². The van der Waals surface area contributed by atoms with Crippen LogP contribution in [0.3, 0.4) is 0 Å². The number of urea groups is 1. The van der Waals surface area contributed by atoms with Crippen LogP contribution >= 0.6 is 0 Å². The van der Waals surface area contributed by atoms with Gasteiger partial charge in [-0.15, -0.1) is 0 Å². The van der Waals surface area contributed by atoms with Crippen molar-refractivity contribution in [3.63, 3.8) is 0 Å². The first kappa shape index (κ1) is 18.9. The maximum Gasteiger partial charge on any atom is 0.315 e. The van der Waals surface area contributed by atoms with Crippen molar-refractivity contribution in [2.45, 2.75) is 33.7 Å². The lowest BCUT2D eigenvalue weighted by molar-refractivity contribution is 0.213. The number of pyridine rings is 1. The minimum absolute atomic E-state index is 0.00698. The summed E-state index contributed by atoms with van der Waals surface area (Å²) < 4.78 is 0. The largest absolute Gasteiger partial charge is 0.396 e. The fraction of sp³-hybridized carbons (Fsp3) is 0.400. The van der Waals surface area contributed by atoms with E-state index in [1.807, 2.05) is 18.2 Å². The minimum atomic E-state index is -0.223. The van der Waals surface area contributed by atoms with E-state index in [0.717, 1.165) is 11.3 Å². The van der Waals surface area contributed by atoms with Crippen LogP contribution in [0.5, 0.6) is 0 Å². The lowest BCUT2D eigenvalue weighted by Gasteiger charge is -2.16. The lowest BCUT2D eigenvalue weighted by Crippen LogP contribution is -2.39. The second-order valence-electron chi connectivity index (χ2n) is 6.51. The fourth-order valence-electron chi connectivity index (χ4n) is 2.97. The number of aryl methyl sites for hydroxylation is 3. The molecule has 5 nitrogen and oxygen atoms in total. The van der Waals surface area contributed by atoms with Crippen molar-refractivity contribution in [2.75, 3.05) is 13.2 Å². The van der Waals surface area contributed by atoms with Gasteiger partial charge in [0, 0.05) is 37.5 Å². The molecule has 0 spiro atoms. The zero-order chi connectivity index (χ0) is 18.2. The van der Waals surface area contributed by atoms with E-state index in [2.05, 4.69) is 48.5 Å². The molecule has 2 rings (SSSR count). The molecule has 0 bridgehead atoms. The molecule has 5 heteroatoms. The molecule has 1 unspecified atom stereocenters. The van der Waals surface area contributed by atoms with E-state index in [1.54, 1.807) is 6.20 Å². The van der Waals surface area contributed by atoms with Gasteiger partial charge in [0.1, 0.15) is 0 Å². The Labute approximate surface area is 149 Å². The molecule has 134 valence electrons. The average Bonchev–Trinajstić information content (AvgIpc) is 2.58. The molecule has 2 amide bonds. The van der Waals surface area contributed by atoms with Gasteiger partial charge in [0.05, 0.1) is 0 Å². The fourth-order valence-corrected chi connectivity index (χ4v) is 2.97. The summed E-state index contributed by atoms with van der Waals surface area (Å²) in [7, 11) is 0. The van der Waals surface area contributed by atoms with Crippen LogP contribution in [0.1, 0.15) is 27.9 Å². The number of carbonyl (C=O) groups is 1. The highest BCUT2D eigenvalue weighted by molar-refractivity contribution is 5.73. The number of hydrogen-bond acceptors (Lipinski definition) is 3. The molecular weight excluding hydrogens is 314 g/mol. The van der Waals surface area contributed by atoms with E-state index < -0.39 is 0 Å². The van der Waals surface area contributed by atoms with Crippen molar-refractivity contribution in [1.82, 2.24) is 15.6 Å². The van der Waals surface area contributed by atoms with Crippen molar-refractivity contribution < 1.29 is 9.90 Å². The van der Waals surface area contributed by atoms with E-state index in [1.165, 1.54) is 16.7 Å². The molecule has 3 N–H and O–H groups in total. The number of nitrogens with one attached hydrogen (secondary N) is 2. The minimum Gasteiger partial charge on any atom is -0.396 e. The van der Waals surface area contributed by atoms with Crippen molar-refractivity contribution in [1.29, 1.82) is 0 Å². The third kappa shape index (κ3) is 5.87. The van der Waals surface area contributed by atoms with Gasteiger partial charge in [-0.25, -0.2) is 4.79 Å². The molecule has 1 atom stereocenters. The molecule has 0 aliphatic heterocycles. The summed E-state index contributed by atoms with van der Waals surface area (Å²) in [5.74, 6) is -0.0523. The Morgan fingerprint density at radius 3 is 2.48 bits per heavy atom. The van der Waals surface area contributed by atoms with Crippen LogP contribution in [0, 0.1) is 26.7 Å². The third-order valence-corrected chi connectivity index (χ3v) is 4.30. The summed E-state index contributed by atoms with van der Waals surface area (Å²) in [5.41, 5.74) is 5.65. The molecule has 25 heavy (non-hydrogen) atoms.